The quantitative estimate of drug-likeness (QED) is 0.770. The van der Waals surface area contributed by atoms with E-state index in [0.717, 1.165) is 11.1 Å². The Hall–Kier alpha value is -2.69. The number of hydrogen-bond acceptors (Lipinski definition) is 4. The number of rotatable bonds is 6. The van der Waals surface area contributed by atoms with Gasteiger partial charge in [0, 0.05) is 13.1 Å². The lowest BCUT2D eigenvalue weighted by Crippen LogP contribution is -2.53. The lowest BCUT2D eigenvalue weighted by Gasteiger charge is -2.41. The maximum atomic E-state index is 13.5. The molecular weight excluding hydrogens is 398 g/mol. The number of nitrogens with one attached hydrogen (secondary N) is 1. The number of amides is 1. The molecule has 1 aliphatic rings. The summed E-state index contributed by atoms with van der Waals surface area (Å²) in [6.45, 7) is 4.20. The molecule has 2 aromatic rings. The molecule has 2 aromatic carbocycles. The number of nitrogens with zero attached hydrogens (tertiary/aromatic N) is 2. The third kappa shape index (κ3) is 4.40. The molecule has 0 radical (unpaired) electrons. The van der Waals surface area contributed by atoms with Gasteiger partial charge in [0.15, 0.2) is 0 Å². The zero-order chi connectivity index (χ0) is 21.8. The van der Waals surface area contributed by atoms with E-state index >= 15 is 0 Å². The smallest absolute Gasteiger partial charge is 0.231 e. The van der Waals surface area contributed by atoms with E-state index in [4.69, 9.17) is 5.26 Å². The van der Waals surface area contributed by atoms with Crippen LogP contribution in [0.1, 0.15) is 49.4 Å². The molecule has 0 aromatic heterocycles. The van der Waals surface area contributed by atoms with Crippen molar-refractivity contribution in [3.8, 4) is 6.07 Å². The molecule has 1 N–H and O–H groups in total. The maximum absolute atomic E-state index is 13.5. The number of sulfonamides is 1. The highest BCUT2D eigenvalue weighted by Gasteiger charge is 2.44. The fourth-order valence-corrected chi connectivity index (χ4v) is 5.10. The summed E-state index contributed by atoms with van der Waals surface area (Å²) in [5.74, 6) is -0.0353. The lowest BCUT2D eigenvalue weighted by atomic mass is 9.72. The summed E-state index contributed by atoms with van der Waals surface area (Å²) in [6.07, 6.45) is 0.865. The monoisotopic (exact) mass is 425 g/mol. The molecule has 1 unspecified atom stereocenters. The van der Waals surface area contributed by atoms with Crippen molar-refractivity contribution in [2.45, 2.75) is 38.1 Å². The Morgan fingerprint density at radius 1 is 1.13 bits per heavy atom. The van der Waals surface area contributed by atoms with Gasteiger partial charge in [0.1, 0.15) is 0 Å². The minimum absolute atomic E-state index is 0.0628. The normalized spacial score (nSPS) is 17.6. The van der Waals surface area contributed by atoms with E-state index in [1.165, 1.54) is 4.31 Å². The molecule has 1 aliphatic heterocycles. The number of benzene rings is 2. The van der Waals surface area contributed by atoms with Gasteiger partial charge in [-0.05, 0) is 49.9 Å². The Morgan fingerprint density at radius 2 is 1.73 bits per heavy atom. The Balaban J connectivity index is 1.84. The van der Waals surface area contributed by atoms with Crippen molar-refractivity contribution in [3.05, 3.63) is 71.3 Å². The van der Waals surface area contributed by atoms with Gasteiger partial charge in [-0.25, -0.2) is 12.7 Å². The van der Waals surface area contributed by atoms with Gasteiger partial charge in [-0.2, -0.15) is 5.26 Å². The Labute approximate surface area is 178 Å². The predicted molar refractivity (Wildman–Crippen MR) is 116 cm³/mol. The molecule has 1 fully saturated rings. The molecule has 30 heavy (non-hydrogen) atoms. The van der Waals surface area contributed by atoms with E-state index in [-0.39, 0.29) is 17.7 Å². The average Bonchev–Trinajstić information content (AvgIpc) is 2.79. The molecular formula is C23H27N3O3S. The lowest BCUT2D eigenvalue weighted by molar-refractivity contribution is -0.129. The third-order valence-corrected chi connectivity index (χ3v) is 7.86. The van der Waals surface area contributed by atoms with Gasteiger partial charge in [-0.15, -0.1) is 0 Å². The summed E-state index contributed by atoms with van der Waals surface area (Å²) in [7, 11) is -3.28. The van der Waals surface area contributed by atoms with Crippen LogP contribution in [-0.2, 0) is 20.2 Å². The number of hydrogen-bond donors (Lipinski definition) is 1. The SMILES string of the molecule is CCS(=O)(=O)N1CCC(C(=O)NC(C)c2ccc(C#N)cc2)(c2ccccc2)CC1. The molecule has 1 atom stereocenters. The van der Waals surface area contributed by atoms with Crippen LogP contribution in [0.5, 0.6) is 0 Å². The molecule has 6 nitrogen and oxygen atoms in total. The summed E-state index contributed by atoms with van der Waals surface area (Å²) < 4.78 is 26.1. The highest BCUT2D eigenvalue weighted by molar-refractivity contribution is 7.89. The first-order valence-electron chi connectivity index (χ1n) is 10.2. The highest BCUT2D eigenvalue weighted by atomic mass is 32.2. The second kappa shape index (κ2) is 8.99. The van der Waals surface area contributed by atoms with Crippen molar-refractivity contribution in [1.29, 1.82) is 5.26 Å². The van der Waals surface area contributed by atoms with Gasteiger partial charge >= 0.3 is 0 Å². The van der Waals surface area contributed by atoms with Crippen LogP contribution in [0.4, 0.5) is 0 Å². The zero-order valence-corrected chi connectivity index (χ0v) is 18.2. The Kier molecular flexibility index (Phi) is 6.59. The summed E-state index contributed by atoms with van der Waals surface area (Å²) in [6, 6.07) is 18.6. The van der Waals surface area contributed by atoms with E-state index in [1.54, 1.807) is 19.1 Å². The second-order valence-corrected chi connectivity index (χ2v) is 9.93. The summed E-state index contributed by atoms with van der Waals surface area (Å²) in [5, 5.41) is 12.1. The topological polar surface area (TPSA) is 90.3 Å². The van der Waals surface area contributed by atoms with Gasteiger partial charge in [0.05, 0.1) is 28.8 Å². The van der Waals surface area contributed by atoms with Crippen LogP contribution in [0.2, 0.25) is 0 Å². The number of piperidine rings is 1. The summed E-state index contributed by atoms with van der Waals surface area (Å²) in [4.78, 5) is 13.5. The molecule has 3 rings (SSSR count). The van der Waals surface area contributed by atoms with Gasteiger partial charge < -0.3 is 5.32 Å². The third-order valence-electron chi connectivity index (χ3n) is 5.98. The van der Waals surface area contributed by atoms with Crippen molar-refractivity contribution in [2.24, 2.45) is 0 Å². The van der Waals surface area contributed by atoms with E-state index < -0.39 is 15.4 Å². The predicted octanol–water partition coefficient (Wildman–Crippen LogP) is 3.12. The minimum atomic E-state index is -3.28. The second-order valence-electron chi connectivity index (χ2n) is 7.68. The van der Waals surface area contributed by atoms with Crippen LogP contribution in [0.3, 0.4) is 0 Å². The van der Waals surface area contributed by atoms with Crippen LogP contribution in [0.25, 0.3) is 0 Å². The minimum Gasteiger partial charge on any atom is -0.349 e. The van der Waals surface area contributed by atoms with E-state index in [1.807, 2.05) is 49.4 Å². The molecule has 1 amide bonds. The largest absolute Gasteiger partial charge is 0.349 e. The van der Waals surface area contributed by atoms with Gasteiger partial charge in [0.2, 0.25) is 15.9 Å². The van der Waals surface area contributed by atoms with Crippen molar-refractivity contribution in [3.63, 3.8) is 0 Å². The maximum Gasteiger partial charge on any atom is 0.231 e. The first-order chi connectivity index (χ1) is 14.3. The first-order valence-corrected chi connectivity index (χ1v) is 11.8. The van der Waals surface area contributed by atoms with Crippen molar-refractivity contribution in [2.75, 3.05) is 18.8 Å². The number of nitriles is 1. The number of carbonyl (C=O) groups is 1. The summed E-state index contributed by atoms with van der Waals surface area (Å²) in [5.41, 5.74) is 1.61. The average molecular weight is 426 g/mol. The van der Waals surface area contributed by atoms with Crippen molar-refractivity contribution < 1.29 is 13.2 Å². The molecule has 158 valence electrons. The summed E-state index contributed by atoms with van der Waals surface area (Å²) >= 11 is 0. The van der Waals surface area contributed by atoms with E-state index in [0.29, 0.717) is 31.5 Å². The van der Waals surface area contributed by atoms with Gasteiger partial charge in [-0.1, -0.05) is 42.5 Å². The van der Waals surface area contributed by atoms with Crippen molar-refractivity contribution in [1.82, 2.24) is 9.62 Å². The molecule has 1 saturated heterocycles. The van der Waals surface area contributed by atoms with E-state index in [9.17, 15) is 13.2 Å². The van der Waals surface area contributed by atoms with Crippen LogP contribution >= 0.6 is 0 Å². The van der Waals surface area contributed by atoms with Gasteiger partial charge in [-0.3, -0.25) is 4.79 Å². The standard InChI is InChI=1S/C23H27N3O3S/c1-3-30(28,29)26-15-13-23(14-16-26,21-7-5-4-6-8-21)22(27)25-18(2)20-11-9-19(17-24)10-12-20/h4-12,18H,3,13-16H2,1-2H3,(H,25,27). The molecule has 0 bridgehead atoms. The van der Waals surface area contributed by atoms with Crippen molar-refractivity contribution >= 4 is 15.9 Å². The molecule has 0 aliphatic carbocycles. The van der Waals surface area contributed by atoms with Gasteiger partial charge in [0.25, 0.3) is 0 Å². The highest BCUT2D eigenvalue weighted by Crippen LogP contribution is 2.37. The Morgan fingerprint density at radius 3 is 2.27 bits per heavy atom. The first kappa shape index (κ1) is 22.0. The number of carbonyl (C=O) groups excluding carboxylic acids is 1. The molecule has 7 heteroatoms. The van der Waals surface area contributed by atoms with E-state index in [2.05, 4.69) is 11.4 Å². The van der Waals surface area contributed by atoms with Crippen LogP contribution in [0.15, 0.2) is 54.6 Å². The fraction of sp³-hybridized carbons (Fsp3) is 0.391. The zero-order valence-electron chi connectivity index (χ0n) is 17.3. The molecule has 0 saturated carbocycles. The van der Waals surface area contributed by atoms with Crippen LogP contribution in [0, 0.1) is 11.3 Å². The molecule has 0 spiro atoms. The Bertz CT molecular complexity index is 1020. The fourth-order valence-electron chi connectivity index (χ4n) is 4.00. The molecule has 1 heterocycles. The van der Waals surface area contributed by atoms with Crippen LogP contribution in [-0.4, -0.2) is 37.5 Å². The van der Waals surface area contributed by atoms with Crippen LogP contribution < -0.4 is 5.32 Å².